The van der Waals surface area contributed by atoms with Gasteiger partial charge in [-0.25, -0.2) is 4.39 Å². The first-order valence-corrected chi connectivity index (χ1v) is 21.1. The van der Waals surface area contributed by atoms with Crippen LogP contribution in [0.25, 0.3) is 6.08 Å². The number of hydrogen-bond acceptors (Lipinski definition) is 8. The van der Waals surface area contributed by atoms with E-state index in [0.29, 0.717) is 44.7 Å². The monoisotopic (exact) mass is 843 g/mol. The van der Waals surface area contributed by atoms with Gasteiger partial charge in [-0.05, 0) is 53.2 Å². The summed E-state index contributed by atoms with van der Waals surface area (Å²) in [4.78, 5) is 43.5. The van der Waals surface area contributed by atoms with Gasteiger partial charge in [-0.15, -0.1) is 0 Å². The Hall–Kier alpha value is -6.30. The Morgan fingerprint density at radius 3 is 1.74 bits per heavy atom. The van der Waals surface area contributed by atoms with Gasteiger partial charge in [0.1, 0.15) is 34.9 Å². The molecule has 0 spiro atoms. The summed E-state index contributed by atoms with van der Waals surface area (Å²) in [5.74, 6) is -3.09. The van der Waals surface area contributed by atoms with Crippen LogP contribution in [-0.2, 0) is 19.1 Å². The quantitative estimate of drug-likeness (QED) is 0.0890. The second-order valence-electron chi connectivity index (χ2n) is 16.2. The largest absolute Gasteiger partial charge is 0.504 e. The zero-order chi connectivity index (χ0) is 45.2. The Kier molecular flexibility index (Phi) is 18.4. The van der Waals surface area contributed by atoms with Crippen LogP contribution in [0.5, 0.6) is 0 Å². The highest BCUT2D eigenvalue weighted by molar-refractivity contribution is 6.01. The molecule has 3 fully saturated rings. The van der Waals surface area contributed by atoms with Crippen molar-refractivity contribution < 1.29 is 33.7 Å². The molecule has 4 unspecified atom stereocenters. The highest BCUT2D eigenvalue weighted by Crippen LogP contribution is 2.34. The topological polar surface area (TPSA) is 158 Å². The number of benzene rings is 3. The summed E-state index contributed by atoms with van der Waals surface area (Å²) in [5.41, 5.74) is 4.84. The third-order valence-electron chi connectivity index (χ3n) is 11.1. The number of carboxylic acids is 1. The van der Waals surface area contributed by atoms with Crippen molar-refractivity contribution >= 4 is 23.9 Å². The van der Waals surface area contributed by atoms with Crippen LogP contribution in [-0.4, -0.2) is 102 Å². The molecule has 3 heterocycles. The highest BCUT2D eigenvalue weighted by Gasteiger charge is 2.37. The Morgan fingerprint density at radius 2 is 1.26 bits per heavy atom. The molecule has 326 valence electrons. The number of carbonyl (C=O) groups is 3. The van der Waals surface area contributed by atoms with Crippen LogP contribution in [0.4, 0.5) is 4.39 Å². The number of halogens is 1. The van der Waals surface area contributed by atoms with Crippen molar-refractivity contribution in [3.05, 3.63) is 143 Å². The van der Waals surface area contributed by atoms with Crippen LogP contribution in [0, 0.1) is 45.7 Å². The van der Waals surface area contributed by atoms with Crippen molar-refractivity contribution in [3.8, 4) is 12.1 Å². The van der Waals surface area contributed by atoms with E-state index in [2.05, 4.69) is 23.3 Å². The van der Waals surface area contributed by atoms with Crippen molar-refractivity contribution in [2.45, 2.75) is 52.4 Å². The molecule has 11 nitrogen and oxygen atoms in total. The van der Waals surface area contributed by atoms with E-state index in [1.807, 2.05) is 94.4 Å². The van der Waals surface area contributed by atoms with Gasteiger partial charge in [0.05, 0.1) is 19.1 Å². The van der Waals surface area contributed by atoms with E-state index < -0.39 is 17.8 Å². The zero-order valence-corrected chi connectivity index (χ0v) is 36.2. The van der Waals surface area contributed by atoms with Crippen molar-refractivity contribution in [2.75, 3.05) is 59.0 Å². The molecule has 12 heteroatoms. The first-order valence-electron chi connectivity index (χ1n) is 21.1. The number of rotatable bonds is 10. The molecule has 0 bridgehead atoms. The lowest BCUT2D eigenvalue weighted by atomic mass is 9.83. The van der Waals surface area contributed by atoms with Gasteiger partial charge in [-0.2, -0.15) is 10.5 Å². The number of carboxylic acid groups (broad SMARTS) is 1. The standard InChI is InChI=1S/C24H21FN2O2.C24H31N3O4.C2H6/c1-2-23(28)21-13-20(18-6-4-3-5-7-18)15-27(16-21)24(29)19(14-26)12-17-8-10-22(25)11-9-17;1-24(2,17-26-8-10-31-11-9-26)13-21(14-25)22(28)27-15-19(12-20(16-27)23(29)30)18-6-4-3-5-7-18;1-2/h3-12,20-21,28H,1,13,15-16H2;3-7,13,19-20H,8-12,15-17H2,1-2H3,(H,29,30);1-2H3/b19-12+;21-13+;. The van der Waals surface area contributed by atoms with E-state index in [9.17, 15) is 39.5 Å². The highest BCUT2D eigenvalue weighted by atomic mass is 19.1. The normalized spacial score (nSPS) is 20.7. The van der Waals surface area contributed by atoms with E-state index in [0.717, 1.165) is 30.8 Å². The van der Waals surface area contributed by atoms with Gasteiger partial charge in [-0.1, -0.05) is 119 Å². The third-order valence-corrected chi connectivity index (χ3v) is 11.1. The number of aliphatic carboxylic acids is 1. The number of amides is 2. The van der Waals surface area contributed by atoms with Gasteiger partial charge in [0, 0.05) is 63.6 Å². The Morgan fingerprint density at radius 1 is 0.774 bits per heavy atom. The molecule has 0 saturated carbocycles. The van der Waals surface area contributed by atoms with Gasteiger partial charge >= 0.3 is 5.97 Å². The lowest BCUT2D eigenvalue weighted by molar-refractivity contribution is -0.145. The lowest BCUT2D eigenvalue weighted by Crippen LogP contribution is -2.46. The van der Waals surface area contributed by atoms with E-state index in [-0.39, 0.29) is 64.9 Å². The maximum absolute atomic E-state index is 13.3. The third kappa shape index (κ3) is 13.9. The van der Waals surface area contributed by atoms with Gasteiger partial charge in [0.25, 0.3) is 11.8 Å². The summed E-state index contributed by atoms with van der Waals surface area (Å²) >= 11 is 0. The second kappa shape index (κ2) is 23.6. The molecule has 4 atom stereocenters. The minimum Gasteiger partial charge on any atom is -0.504 e. The SMILES string of the molecule is C=C=C(O)C1CC(c2ccccc2)CN(C(=O)/C(C#N)=C/c2ccc(F)cc2)C1.CC.CC(C)(/C=C(\C#N)C(=O)N1CC(C(=O)O)CC(c2ccccc2)C1)CN1CCOCC1. The molecule has 3 aromatic rings. The number of morpholine rings is 1. The Labute approximate surface area is 365 Å². The number of hydrogen-bond donors (Lipinski definition) is 2. The number of nitrogens with zero attached hydrogens (tertiary/aromatic N) is 5. The predicted molar refractivity (Wildman–Crippen MR) is 237 cm³/mol. The average Bonchev–Trinajstić information content (AvgIpc) is 3.31. The van der Waals surface area contributed by atoms with Crippen LogP contribution >= 0.6 is 0 Å². The summed E-state index contributed by atoms with van der Waals surface area (Å²) in [6.07, 6.45) is 4.34. The minimum atomic E-state index is -0.909. The smallest absolute Gasteiger partial charge is 0.308 e. The fourth-order valence-electron chi connectivity index (χ4n) is 8.11. The molecule has 3 aromatic carbocycles. The summed E-state index contributed by atoms with van der Waals surface area (Å²) < 4.78 is 18.5. The molecule has 0 radical (unpaired) electrons. The van der Waals surface area contributed by atoms with Crippen LogP contribution in [0.15, 0.2) is 120 Å². The Balaban J connectivity index is 0.000000263. The molecule has 3 aliphatic rings. The van der Waals surface area contributed by atoms with E-state index in [4.69, 9.17) is 4.74 Å². The molecular weight excluding hydrogens is 786 g/mol. The summed E-state index contributed by atoms with van der Waals surface area (Å²) in [7, 11) is 0. The summed E-state index contributed by atoms with van der Waals surface area (Å²) in [6.45, 7) is 16.5. The van der Waals surface area contributed by atoms with Gasteiger partial charge in [0.15, 0.2) is 0 Å². The van der Waals surface area contributed by atoms with E-state index >= 15 is 0 Å². The minimum absolute atomic E-state index is 0.0140. The Bertz CT molecular complexity index is 2160. The van der Waals surface area contributed by atoms with Crippen LogP contribution in [0.2, 0.25) is 0 Å². The number of piperidine rings is 2. The molecule has 62 heavy (non-hydrogen) atoms. The van der Waals surface area contributed by atoms with Crippen molar-refractivity contribution in [1.82, 2.24) is 14.7 Å². The maximum atomic E-state index is 13.3. The first-order chi connectivity index (χ1) is 29.8. The predicted octanol–water partition coefficient (Wildman–Crippen LogP) is 8.13. The van der Waals surface area contributed by atoms with Crippen molar-refractivity contribution in [1.29, 1.82) is 10.5 Å². The van der Waals surface area contributed by atoms with Crippen LogP contribution in [0.3, 0.4) is 0 Å². The van der Waals surface area contributed by atoms with E-state index in [1.54, 1.807) is 15.9 Å². The summed E-state index contributed by atoms with van der Waals surface area (Å²) in [5, 5.41) is 39.1. The average molecular weight is 844 g/mol. The zero-order valence-electron chi connectivity index (χ0n) is 36.2. The molecule has 0 aromatic heterocycles. The molecular formula is C50H58FN5O6. The van der Waals surface area contributed by atoms with Crippen molar-refractivity contribution in [2.24, 2.45) is 17.3 Å². The number of aliphatic hydroxyl groups excluding tert-OH is 1. The van der Waals surface area contributed by atoms with Crippen LogP contribution in [0.1, 0.15) is 69.1 Å². The molecule has 3 aliphatic heterocycles. The molecule has 3 saturated heterocycles. The summed E-state index contributed by atoms with van der Waals surface area (Å²) in [6, 6.07) is 29.0. The molecule has 6 rings (SSSR count). The molecule has 2 N–H and O–H groups in total. The fourth-order valence-corrected chi connectivity index (χ4v) is 8.11. The number of aliphatic hydroxyl groups is 1. The van der Waals surface area contributed by atoms with Gasteiger partial charge in [-0.3, -0.25) is 19.3 Å². The number of carbonyl (C=O) groups excluding carboxylic acids is 2. The maximum Gasteiger partial charge on any atom is 0.308 e. The van der Waals surface area contributed by atoms with Crippen molar-refractivity contribution in [3.63, 3.8) is 0 Å². The van der Waals surface area contributed by atoms with Crippen LogP contribution < -0.4 is 0 Å². The first kappa shape index (κ1) is 48.4. The fraction of sp³-hybridized carbons (Fsp3) is 0.400. The van der Waals surface area contributed by atoms with Gasteiger partial charge in [0.2, 0.25) is 0 Å². The second-order valence-corrected chi connectivity index (χ2v) is 16.2. The number of likely N-dealkylation sites (tertiary alicyclic amines) is 2. The number of nitriles is 2. The lowest BCUT2D eigenvalue weighted by Gasteiger charge is -2.37. The molecule has 2 amide bonds. The number of ether oxygens (including phenoxy) is 1. The molecule has 0 aliphatic carbocycles. The van der Waals surface area contributed by atoms with E-state index in [1.165, 1.54) is 30.3 Å². The van der Waals surface area contributed by atoms with Gasteiger partial charge < -0.3 is 24.7 Å².